The minimum Gasteiger partial charge on any atom is -0.488 e. The van der Waals surface area contributed by atoms with Gasteiger partial charge in [0.1, 0.15) is 29.8 Å². The summed E-state index contributed by atoms with van der Waals surface area (Å²) >= 11 is 0. The standard InChI is InChI=1S/C39H35N5O2/c1-4-27-31-20-25-10-5-6-12-28(25)29(31)15-17-34(27)43-19-9-11-26(21-43)39-41-33-16-14-30(36-23(2)42-46-24(36)3)38-37(33)44(39)35(22-45-38)32-13-7-8-18-40-32/h5-8,10-18,35H,4,9,19-22H2,1-3H3/t35-/m1/s1. The molecule has 3 aromatic carbocycles. The van der Waals surface area contributed by atoms with Crippen LogP contribution in [0.25, 0.3) is 38.9 Å². The van der Waals surface area contributed by atoms with E-state index in [-0.39, 0.29) is 6.04 Å². The van der Waals surface area contributed by atoms with Gasteiger partial charge in [0.05, 0.1) is 22.5 Å². The van der Waals surface area contributed by atoms with Crippen molar-refractivity contribution in [1.29, 1.82) is 0 Å². The first-order valence-electron chi connectivity index (χ1n) is 16.3. The zero-order chi connectivity index (χ0) is 30.9. The lowest BCUT2D eigenvalue weighted by Gasteiger charge is -2.33. The van der Waals surface area contributed by atoms with Crippen LogP contribution in [0.15, 0.2) is 83.5 Å². The number of fused-ring (bicyclic) bond motifs is 3. The maximum absolute atomic E-state index is 6.62. The number of benzene rings is 3. The third-order valence-electron chi connectivity index (χ3n) is 10.0. The molecule has 1 atom stereocenters. The van der Waals surface area contributed by atoms with E-state index >= 15 is 0 Å². The van der Waals surface area contributed by atoms with Gasteiger partial charge >= 0.3 is 0 Å². The molecule has 228 valence electrons. The third kappa shape index (κ3) is 4.00. The van der Waals surface area contributed by atoms with E-state index < -0.39 is 0 Å². The van der Waals surface area contributed by atoms with Gasteiger partial charge in [0.2, 0.25) is 0 Å². The Morgan fingerprint density at radius 3 is 2.63 bits per heavy atom. The molecule has 0 N–H and O–H groups in total. The van der Waals surface area contributed by atoms with Gasteiger partial charge in [-0.25, -0.2) is 4.98 Å². The SMILES string of the molecule is CCc1c(N2CCC=C(c3nc4ccc(-c5c(C)noc5C)c5c4n3[C@@H](c3ccccn3)CO5)C2)ccc2c1Cc1ccccc1-2. The summed E-state index contributed by atoms with van der Waals surface area (Å²) in [7, 11) is 0. The molecule has 1 aliphatic carbocycles. The first-order valence-corrected chi connectivity index (χ1v) is 16.3. The average Bonchev–Trinajstić information content (AvgIpc) is 3.78. The van der Waals surface area contributed by atoms with Crippen molar-refractivity contribution in [2.45, 2.75) is 46.1 Å². The molecule has 7 heteroatoms. The van der Waals surface area contributed by atoms with Crippen LogP contribution in [0.1, 0.15) is 59.0 Å². The topological polar surface area (TPSA) is 69.2 Å². The minimum atomic E-state index is -0.102. The zero-order valence-corrected chi connectivity index (χ0v) is 26.4. The number of hydrogen-bond donors (Lipinski definition) is 0. The number of imidazole rings is 1. The quantitative estimate of drug-likeness (QED) is 0.197. The van der Waals surface area contributed by atoms with Gasteiger partial charge in [-0.1, -0.05) is 54.6 Å². The Labute approximate surface area is 268 Å². The second-order valence-corrected chi connectivity index (χ2v) is 12.6. The summed E-state index contributed by atoms with van der Waals surface area (Å²) in [5, 5.41) is 4.24. The van der Waals surface area contributed by atoms with Gasteiger partial charge in [-0.15, -0.1) is 0 Å². The molecule has 0 fully saturated rings. The summed E-state index contributed by atoms with van der Waals surface area (Å²) in [6.07, 6.45) is 7.22. The summed E-state index contributed by atoms with van der Waals surface area (Å²) in [6.45, 7) is 8.47. The highest BCUT2D eigenvalue weighted by atomic mass is 16.5. The van der Waals surface area contributed by atoms with Gasteiger partial charge in [-0.2, -0.15) is 0 Å². The lowest BCUT2D eigenvalue weighted by molar-refractivity contribution is 0.256. The fourth-order valence-corrected chi connectivity index (χ4v) is 7.99. The number of pyridine rings is 1. The Bertz CT molecular complexity index is 2170. The molecule has 3 aromatic heterocycles. The Hall–Kier alpha value is -5.17. The van der Waals surface area contributed by atoms with Crippen LogP contribution < -0.4 is 9.64 Å². The first-order chi connectivity index (χ1) is 22.6. The van der Waals surface area contributed by atoms with Crippen LogP contribution in [0.4, 0.5) is 5.69 Å². The first kappa shape index (κ1) is 27.2. The Morgan fingerprint density at radius 1 is 0.935 bits per heavy atom. The van der Waals surface area contributed by atoms with Crippen molar-refractivity contribution in [2.24, 2.45) is 0 Å². The molecule has 0 saturated carbocycles. The molecule has 0 bridgehead atoms. The number of hydrogen-bond acceptors (Lipinski definition) is 6. The van der Waals surface area contributed by atoms with Gasteiger partial charge in [0.15, 0.2) is 5.75 Å². The Morgan fingerprint density at radius 2 is 1.80 bits per heavy atom. The number of nitrogens with zero attached hydrogens (tertiary/aromatic N) is 5. The van der Waals surface area contributed by atoms with Crippen molar-refractivity contribution in [3.63, 3.8) is 0 Å². The van der Waals surface area contributed by atoms with E-state index in [1.807, 2.05) is 32.2 Å². The largest absolute Gasteiger partial charge is 0.488 e. The van der Waals surface area contributed by atoms with Crippen LogP contribution in [0, 0.1) is 13.8 Å². The van der Waals surface area contributed by atoms with Crippen molar-refractivity contribution in [1.82, 2.24) is 19.7 Å². The van der Waals surface area contributed by atoms with Crippen LogP contribution >= 0.6 is 0 Å². The Balaban J connectivity index is 1.17. The van der Waals surface area contributed by atoms with E-state index in [0.717, 1.165) is 83.2 Å². The number of anilines is 1. The highest BCUT2D eigenvalue weighted by Gasteiger charge is 2.34. The molecule has 6 aromatic rings. The normalized spacial score (nSPS) is 16.7. The third-order valence-corrected chi connectivity index (χ3v) is 10.0. The van der Waals surface area contributed by atoms with Gasteiger partial charge in [-0.05, 0) is 91.3 Å². The summed E-state index contributed by atoms with van der Waals surface area (Å²) in [6, 6.07) is 23.8. The van der Waals surface area contributed by atoms with Crippen molar-refractivity contribution in [3.8, 4) is 28.0 Å². The van der Waals surface area contributed by atoms with E-state index in [0.29, 0.717) is 6.61 Å². The molecule has 2 aliphatic heterocycles. The molecular formula is C39H35N5O2. The molecule has 9 rings (SSSR count). The maximum atomic E-state index is 6.62. The van der Waals surface area contributed by atoms with Crippen LogP contribution in [0.5, 0.6) is 5.75 Å². The summed E-state index contributed by atoms with van der Waals surface area (Å²) in [5.41, 5.74) is 15.5. The number of ether oxygens (including phenoxy) is 1. The lowest BCUT2D eigenvalue weighted by atomic mass is 9.96. The molecule has 0 unspecified atom stereocenters. The van der Waals surface area contributed by atoms with E-state index in [4.69, 9.17) is 19.2 Å². The van der Waals surface area contributed by atoms with Crippen molar-refractivity contribution in [3.05, 3.63) is 119 Å². The molecule has 7 nitrogen and oxygen atoms in total. The summed E-state index contributed by atoms with van der Waals surface area (Å²) in [4.78, 5) is 12.7. The van der Waals surface area contributed by atoms with Crippen LogP contribution in [0.3, 0.4) is 0 Å². The Kier molecular flexibility index (Phi) is 6.17. The van der Waals surface area contributed by atoms with E-state index in [9.17, 15) is 0 Å². The van der Waals surface area contributed by atoms with Crippen molar-refractivity contribution < 1.29 is 9.26 Å². The monoisotopic (exact) mass is 605 g/mol. The molecule has 0 radical (unpaired) electrons. The van der Waals surface area contributed by atoms with Crippen LogP contribution in [-0.4, -0.2) is 39.4 Å². The minimum absolute atomic E-state index is 0.102. The molecule has 0 saturated heterocycles. The summed E-state index contributed by atoms with van der Waals surface area (Å²) in [5.74, 6) is 2.60. The average molecular weight is 606 g/mol. The fraction of sp³-hybridized carbons (Fsp3) is 0.256. The molecule has 46 heavy (non-hydrogen) atoms. The summed E-state index contributed by atoms with van der Waals surface area (Å²) < 4.78 is 14.6. The number of aromatic nitrogens is 4. The van der Waals surface area contributed by atoms with Crippen molar-refractivity contribution >= 4 is 22.3 Å². The highest BCUT2D eigenvalue weighted by Crippen LogP contribution is 2.46. The molecular weight excluding hydrogens is 570 g/mol. The molecule has 0 amide bonds. The lowest BCUT2D eigenvalue weighted by Crippen LogP contribution is -2.32. The molecule has 5 heterocycles. The zero-order valence-electron chi connectivity index (χ0n) is 26.4. The van der Waals surface area contributed by atoms with Crippen LogP contribution in [-0.2, 0) is 12.8 Å². The van der Waals surface area contributed by atoms with Gasteiger partial charge in [0, 0.05) is 36.1 Å². The van der Waals surface area contributed by atoms with Gasteiger partial charge < -0.3 is 18.7 Å². The van der Waals surface area contributed by atoms with E-state index in [2.05, 4.69) is 82.2 Å². The second kappa shape index (κ2) is 10.4. The second-order valence-electron chi connectivity index (χ2n) is 12.6. The van der Waals surface area contributed by atoms with E-state index in [1.54, 1.807) is 0 Å². The number of rotatable bonds is 5. The molecule has 3 aliphatic rings. The molecule has 0 spiro atoms. The van der Waals surface area contributed by atoms with Gasteiger partial charge in [0.25, 0.3) is 0 Å². The predicted molar refractivity (Wildman–Crippen MR) is 181 cm³/mol. The highest BCUT2D eigenvalue weighted by molar-refractivity contribution is 5.94. The predicted octanol–water partition coefficient (Wildman–Crippen LogP) is 8.11. The fourth-order valence-electron chi connectivity index (χ4n) is 7.99. The smallest absolute Gasteiger partial charge is 0.153 e. The van der Waals surface area contributed by atoms with Crippen molar-refractivity contribution in [2.75, 3.05) is 24.6 Å². The van der Waals surface area contributed by atoms with Gasteiger partial charge in [-0.3, -0.25) is 4.98 Å². The van der Waals surface area contributed by atoms with Crippen LogP contribution in [0.2, 0.25) is 0 Å². The van der Waals surface area contributed by atoms with E-state index in [1.165, 1.54) is 39.1 Å². The maximum Gasteiger partial charge on any atom is 0.153 e. The number of aryl methyl sites for hydroxylation is 2.